The first-order chi connectivity index (χ1) is 11.4. The van der Waals surface area contributed by atoms with E-state index in [4.69, 9.17) is 5.73 Å². The Morgan fingerprint density at radius 2 is 2.00 bits per heavy atom. The highest BCUT2D eigenvalue weighted by Gasteiger charge is 2.12. The molecule has 0 saturated carbocycles. The smallest absolute Gasteiger partial charge is 0.234 e. The van der Waals surface area contributed by atoms with Gasteiger partial charge in [-0.2, -0.15) is 0 Å². The van der Waals surface area contributed by atoms with Gasteiger partial charge in [0.2, 0.25) is 11.8 Å². The lowest BCUT2D eigenvalue weighted by molar-refractivity contribution is -0.118. The van der Waals surface area contributed by atoms with Gasteiger partial charge in [-0.1, -0.05) is 17.8 Å². The molecule has 0 aliphatic carbocycles. The first-order valence-electron chi connectivity index (χ1n) is 7.53. The number of thioether (sulfide) groups is 1. The van der Waals surface area contributed by atoms with Gasteiger partial charge in [0.1, 0.15) is 5.82 Å². The standard InChI is InChI=1S/C16H21N5O2S/c1-10-4-5-12(8-11(10)2)18-15(23)9-24-16-20-19-14(21(16)3)7-6-13(17)22/h4-5,8H,6-7,9H2,1-3H3,(H2,17,22)(H,18,23). The number of hydrogen-bond donors (Lipinski definition) is 2. The second-order valence-electron chi connectivity index (χ2n) is 5.56. The molecule has 2 aromatic rings. The van der Waals surface area contributed by atoms with E-state index in [2.05, 4.69) is 15.5 Å². The van der Waals surface area contributed by atoms with E-state index < -0.39 is 0 Å². The van der Waals surface area contributed by atoms with Crippen LogP contribution in [0.1, 0.15) is 23.4 Å². The lowest BCUT2D eigenvalue weighted by atomic mass is 10.1. The van der Waals surface area contributed by atoms with E-state index in [0.29, 0.717) is 17.4 Å². The van der Waals surface area contributed by atoms with Crippen LogP contribution in [0.4, 0.5) is 5.69 Å². The zero-order valence-corrected chi connectivity index (χ0v) is 14.8. The maximum absolute atomic E-state index is 12.1. The number of nitrogens with one attached hydrogen (secondary N) is 1. The minimum absolute atomic E-state index is 0.107. The van der Waals surface area contributed by atoms with Gasteiger partial charge in [0.15, 0.2) is 5.16 Å². The molecular formula is C16H21N5O2S. The molecule has 24 heavy (non-hydrogen) atoms. The Hall–Kier alpha value is -2.35. The van der Waals surface area contributed by atoms with E-state index in [0.717, 1.165) is 11.3 Å². The highest BCUT2D eigenvalue weighted by atomic mass is 32.2. The largest absolute Gasteiger partial charge is 0.370 e. The summed E-state index contributed by atoms with van der Waals surface area (Å²) in [5.41, 5.74) is 8.23. The van der Waals surface area contributed by atoms with Gasteiger partial charge in [0.05, 0.1) is 5.75 Å². The van der Waals surface area contributed by atoms with E-state index in [9.17, 15) is 9.59 Å². The number of benzene rings is 1. The van der Waals surface area contributed by atoms with Gasteiger partial charge in [-0.05, 0) is 37.1 Å². The predicted molar refractivity (Wildman–Crippen MR) is 93.8 cm³/mol. The van der Waals surface area contributed by atoms with E-state index in [1.165, 1.54) is 17.3 Å². The van der Waals surface area contributed by atoms with Crippen LogP contribution in [0.5, 0.6) is 0 Å². The summed E-state index contributed by atoms with van der Waals surface area (Å²) in [6, 6.07) is 5.81. The molecule has 0 unspecified atom stereocenters. The number of carbonyl (C=O) groups is 2. The Morgan fingerprint density at radius 3 is 2.67 bits per heavy atom. The summed E-state index contributed by atoms with van der Waals surface area (Å²) < 4.78 is 1.77. The number of amides is 2. The third-order valence-corrected chi connectivity index (χ3v) is 4.66. The number of carbonyl (C=O) groups excluding carboxylic acids is 2. The summed E-state index contributed by atoms with van der Waals surface area (Å²) in [5.74, 6) is 0.421. The molecule has 8 heteroatoms. The Kier molecular flexibility index (Phi) is 5.97. The van der Waals surface area contributed by atoms with Crippen LogP contribution in [0.2, 0.25) is 0 Å². The normalized spacial score (nSPS) is 10.6. The number of aromatic nitrogens is 3. The molecule has 0 bridgehead atoms. The molecule has 1 aromatic heterocycles. The summed E-state index contributed by atoms with van der Waals surface area (Å²) in [5, 5.41) is 11.6. The van der Waals surface area contributed by atoms with Crippen molar-refractivity contribution in [1.82, 2.24) is 14.8 Å². The van der Waals surface area contributed by atoms with Crippen LogP contribution < -0.4 is 11.1 Å². The van der Waals surface area contributed by atoms with Crippen LogP contribution in [0.3, 0.4) is 0 Å². The lowest BCUT2D eigenvalue weighted by Gasteiger charge is -2.07. The summed E-state index contributed by atoms with van der Waals surface area (Å²) >= 11 is 1.30. The number of nitrogens with zero attached hydrogens (tertiary/aromatic N) is 3. The maximum atomic E-state index is 12.1. The molecule has 1 heterocycles. The topological polar surface area (TPSA) is 103 Å². The van der Waals surface area contributed by atoms with Crippen LogP contribution in [-0.2, 0) is 23.1 Å². The van der Waals surface area contributed by atoms with Crippen LogP contribution in [0.15, 0.2) is 23.4 Å². The van der Waals surface area contributed by atoms with Crippen molar-refractivity contribution in [2.45, 2.75) is 31.8 Å². The van der Waals surface area contributed by atoms with Crippen molar-refractivity contribution in [2.75, 3.05) is 11.1 Å². The Morgan fingerprint density at radius 1 is 1.25 bits per heavy atom. The van der Waals surface area contributed by atoms with Crippen LogP contribution in [0.25, 0.3) is 0 Å². The molecule has 0 atom stereocenters. The second kappa shape index (κ2) is 7.96. The van der Waals surface area contributed by atoms with Gasteiger partial charge in [-0.25, -0.2) is 0 Å². The van der Waals surface area contributed by atoms with Crippen molar-refractivity contribution in [3.63, 3.8) is 0 Å². The predicted octanol–water partition coefficient (Wildman–Crippen LogP) is 1.58. The Bertz CT molecular complexity index is 757. The van der Waals surface area contributed by atoms with Gasteiger partial charge < -0.3 is 15.6 Å². The van der Waals surface area contributed by atoms with Crippen molar-refractivity contribution in [3.8, 4) is 0 Å². The van der Waals surface area contributed by atoms with Gasteiger partial charge in [-0.3, -0.25) is 9.59 Å². The number of rotatable bonds is 7. The third-order valence-electron chi connectivity index (χ3n) is 3.64. The molecule has 128 valence electrons. The summed E-state index contributed by atoms with van der Waals surface area (Å²) in [6.07, 6.45) is 0.665. The molecule has 0 aliphatic rings. The molecule has 1 aromatic carbocycles. The molecule has 0 saturated heterocycles. The zero-order valence-electron chi connectivity index (χ0n) is 14.0. The van der Waals surface area contributed by atoms with Gasteiger partial charge in [0.25, 0.3) is 0 Å². The van der Waals surface area contributed by atoms with Crippen LogP contribution in [0, 0.1) is 13.8 Å². The number of hydrogen-bond acceptors (Lipinski definition) is 5. The minimum atomic E-state index is -0.375. The molecule has 0 radical (unpaired) electrons. The van der Waals surface area contributed by atoms with Crippen molar-refractivity contribution >= 4 is 29.3 Å². The zero-order chi connectivity index (χ0) is 17.7. The minimum Gasteiger partial charge on any atom is -0.370 e. The summed E-state index contributed by atoms with van der Waals surface area (Å²) in [4.78, 5) is 22.9. The quantitative estimate of drug-likeness (QED) is 0.740. The number of primary amides is 1. The average Bonchev–Trinajstić information content (AvgIpc) is 2.87. The van der Waals surface area contributed by atoms with Crippen LogP contribution in [-0.4, -0.2) is 32.3 Å². The first-order valence-corrected chi connectivity index (χ1v) is 8.52. The van der Waals surface area contributed by atoms with E-state index in [-0.39, 0.29) is 24.0 Å². The SMILES string of the molecule is Cc1ccc(NC(=O)CSc2nnc(CCC(N)=O)n2C)cc1C. The van der Waals surface area contributed by atoms with Gasteiger partial charge >= 0.3 is 0 Å². The fraction of sp³-hybridized carbons (Fsp3) is 0.375. The lowest BCUT2D eigenvalue weighted by Crippen LogP contribution is -2.15. The average molecular weight is 347 g/mol. The van der Waals surface area contributed by atoms with Crippen molar-refractivity contribution in [1.29, 1.82) is 0 Å². The van der Waals surface area contributed by atoms with Crippen molar-refractivity contribution < 1.29 is 9.59 Å². The molecule has 0 fully saturated rings. The summed E-state index contributed by atoms with van der Waals surface area (Å²) in [7, 11) is 1.81. The Balaban J connectivity index is 1.89. The third kappa shape index (κ3) is 4.82. The van der Waals surface area contributed by atoms with Crippen molar-refractivity contribution in [2.24, 2.45) is 12.8 Å². The van der Waals surface area contributed by atoms with Gasteiger partial charge in [0, 0.05) is 25.6 Å². The molecule has 2 rings (SSSR count). The Labute approximate surface area is 145 Å². The summed E-state index contributed by atoms with van der Waals surface area (Å²) in [6.45, 7) is 4.04. The number of nitrogens with two attached hydrogens (primary N) is 1. The molecule has 2 amide bonds. The number of anilines is 1. The van der Waals surface area contributed by atoms with Crippen LogP contribution >= 0.6 is 11.8 Å². The first kappa shape index (κ1) is 18.0. The highest BCUT2D eigenvalue weighted by molar-refractivity contribution is 7.99. The molecule has 0 aliphatic heterocycles. The van der Waals surface area contributed by atoms with Gasteiger partial charge in [-0.15, -0.1) is 10.2 Å². The highest BCUT2D eigenvalue weighted by Crippen LogP contribution is 2.18. The fourth-order valence-electron chi connectivity index (χ4n) is 2.07. The van der Waals surface area contributed by atoms with E-state index in [1.54, 1.807) is 11.6 Å². The monoisotopic (exact) mass is 347 g/mol. The van der Waals surface area contributed by atoms with E-state index in [1.807, 2.05) is 32.0 Å². The van der Waals surface area contributed by atoms with Crippen molar-refractivity contribution in [3.05, 3.63) is 35.2 Å². The second-order valence-corrected chi connectivity index (χ2v) is 6.50. The molecule has 7 nitrogen and oxygen atoms in total. The fourth-order valence-corrected chi connectivity index (χ4v) is 2.80. The molecule has 0 spiro atoms. The number of aryl methyl sites for hydroxylation is 3. The van der Waals surface area contributed by atoms with E-state index >= 15 is 0 Å². The maximum Gasteiger partial charge on any atom is 0.234 e. The molecular weight excluding hydrogens is 326 g/mol. The molecule has 3 N–H and O–H groups in total.